The first-order valence-corrected chi connectivity index (χ1v) is 5.18. The average Bonchev–Trinajstić information content (AvgIpc) is 2.54. The van der Waals surface area contributed by atoms with Crippen molar-refractivity contribution >= 4 is 22.9 Å². The van der Waals surface area contributed by atoms with Gasteiger partial charge in [-0.3, -0.25) is 0 Å². The van der Waals surface area contributed by atoms with Crippen LogP contribution in [0.2, 0.25) is 4.34 Å². The standard InChI is InChI=1S/C8H10ClNOS/c9-8-3-6(5-12-8)7-4-10-1-2-11-7/h3,5,7,10H,1-2,4H2. The van der Waals surface area contributed by atoms with Gasteiger partial charge in [-0.25, -0.2) is 0 Å². The Morgan fingerprint density at radius 1 is 1.67 bits per heavy atom. The van der Waals surface area contributed by atoms with Gasteiger partial charge in [0.2, 0.25) is 0 Å². The molecule has 1 saturated heterocycles. The van der Waals surface area contributed by atoms with Crippen LogP contribution in [0.1, 0.15) is 11.7 Å². The van der Waals surface area contributed by atoms with Gasteiger partial charge in [0.05, 0.1) is 17.0 Å². The summed E-state index contributed by atoms with van der Waals surface area (Å²) in [5, 5.41) is 5.33. The van der Waals surface area contributed by atoms with Gasteiger partial charge in [0.25, 0.3) is 0 Å². The van der Waals surface area contributed by atoms with Gasteiger partial charge in [-0.1, -0.05) is 11.6 Å². The maximum absolute atomic E-state index is 5.82. The van der Waals surface area contributed by atoms with Crippen LogP contribution >= 0.6 is 22.9 Å². The molecule has 2 rings (SSSR count). The zero-order valence-electron chi connectivity index (χ0n) is 6.55. The fraction of sp³-hybridized carbons (Fsp3) is 0.500. The minimum absolute atomic E-state index is 0.197. The summed E-state index contributed by atoms with van der Waals surface area (Å²) < 4.78 is 6.40. The Kier molecular flexibility index (Phi) is 2.66. The number of thiophene rings is 1. The van der Waals surface area contributed by atoms with Gasteiger partial charge < -0.3 is 10.1 Å². The third-order valence-electron chi connectivity index (χ3n) is 1.89. The number of nitrogens with one attached hydrogen (secondary N) is 1. The fourth-order valence-corrected chi connectivity index (χ4v) is 2.20. The van der Waals surface area contributed by atoms with Gasteiger partial charge >= 0.3 is 0 Å². The predicted octanol–water partition coefficient (Wildman–Crippen LogP) is 2.06. The normalized spacial score (nSPS) is 24.2. The summed E-state index contributed by atoms with van der Waals surface area (Å²) in [6.07, 6.45) is 0.197. The highest BCUT2D eigenvalue weighted by Gasteiger charge is 2.16. The molecule has 1 aliphatic heterocycles. The first-order chi connectivity index (χ1) is 5.86. The molecule has 2 nitrogen and oxygen atoms in total. The summed E-state index contributed by atoms with van der Waals surface area (Å²) in [6, 6.07) is 1.98. The maximum Gasteiger partial charge on any atom is 0.0958 e. The molecule has 2 heterocycles. The molecule has 0 radical (unpaired) electrons. The smallest absolute Gasteiger partial charge is 0.0958 e. The quantitative estimate of drug-likeness (QED) is 0.755. The predicted molar refractivity (Wildman–Crippen MR) is 50.9 cm³/mol. The van der Waals surface area contributed by atoms with Crippen molar-refractivity contribution in [2.45, 2.75) is 6.10 Å². The molecule has 0 aromatic carbocycles. The Hall–Kier alpha value is -0.0900. The van der Waals surface area contributed by atoms with E-state index in [9.17, 15) is 0 Å². The van der Waals surface area contributed by atoms with Gasteiger partial charge in [0.1, 0.15) is 0 Å². The number of ether oxygens (including phenoxy) is 1. The highest BCUT2D eigenvalue weighted by molar-refractivity contribution is 7.14. The van der Waals surface area contributed by atoms with Gasteiger partial charge in [-0.15, -0.1) is 11.3 Å². The maximum atomic E-state index is 5.82. The Morgan fingerprint density at radius 3 is 3.17 bits per heavy atom. The van der Waals surface area contributed by atoms with Crippen LogP contribution in [-0.4, -0.2) is 19.7 Å². The molecule has 1 N–H and O–H groups in total. The van der Waals surface area contributed by atoms with E-state index in [1.54, 1.807) is 11.3 Å². The van der Waals surface area contributed by atoms with Crippen LogP contribution in [-0.2, 0) is 4.74 Å². The van der Waals surface area contributed by atoms with Crippen molar-refractivity contribution in [3.63, 3.8) is 0 Å². The second-order valence-electron chi connectivity index (χ2n) is 2.75. The minimum atomic E-state index is 0.197. The van der Waals surface area contributed by atoms with E-state index < -0.39 is 0 Å². The fourth-order valence-electron chi connectivity index (χ4n) is 1.27. The highest BCUT2D eigenvalue weighted by Crippen LogP contribution is 2.27. The van der Waals surface area contributed by atoms with Crippen LogP contribution in [0.25, 0.3) is 0 Å². The summed E-state index contributed by atoms with van der Waals surface area (Å²) in [5.74, 6) is 0. The Morgan fingerprint density at radius 2 is 2.58 bits per heavy atom. The lowest BCUT2D eigenvalue weighted by Gasteiger charge is -2.22. The summed E-state index contributed by atoms with van der Waals surface area (Å²) in [6.45, 7) is 2.64. The lowest BCUT2D eigenvalue weighted by atomic mass is 10.2. The van der Waals surface area contributed by atoms with Crippen LogP contribution in [0.15, 0.2) is 11.4 Å². The van der Waals surface area contributed by atoms with Crippen molar-refractivity contribution in [2.75, 3.05) is 19.7 Å². The molecule has 1 aromatic rings. The lowest BCUT2D eigenvalue weighted by Crippen LogP contribution is -2.33. The average molecular weight is 204 g/mol. The zero-order chi connectivity index (χ0) is 8.39. The SMILES string of the molecule is Clc1cc(C2CNCCO2)cs1. The molecule has 0 saturated carbocycles. The third-order valence-corrected chi connectivity index (χ3v) is 3.00. The van der Waals surface area contributed by atoms with Crippen LogP contribution in [0, 0.1) is 0 Å². The topological polar surface area (TPSA) is 21.3 Å². The van der Waals surface area contributed by atoms with E-state index in [1.165, 1.54) is 5.56 Å². The number of hydrogen-bond acceptors (Lipinski definition) is 3. The third kappa shape index (κ3) is 1.80. The van der Waals surface area contributed by atoms with Gasteiger partial charge in [-0.05, 0) is 17.0 Å². The lowest BCUT2D eigenvalue weighted by molar-refractivity contribution is 0.0280. The van der Waals surface area contributed by atoms with E-state index in [0.29, 0.717) is 0 Å². The van der Waals surface area contributed by atoms with E-state index in [1.807, 2.05) is 6.07 Å². The first kappa shape index (κ1) is 8.51. The minimum Gasteiger partial charge on any atom is -0.371 e. The molecule has 0 aliphatic carbocycles. The van der Waals surface area contributed by atoms with Crippen molar-refractivity contribution in [1.29, 1.82) is 0 Å². The molecule has 1 unspecified atom stereocenters. The number of halogens is 1. The van der Waals surface area contributed by atoms with Crippen LogP contribution in [0.4, 0.5) is 0 Å². The van der Waals surface area contributed by atoms with Crippen LogP contribution < -0.4 is 5.32 Å². The van der Waals surface area contributed by atoms with Crippen molar-refractivity contribution in [3.8, 4) is 0 Å². The molecule has 1 fully saturated rings. The van der Waals surface area contributed by atoms with Crippen molar-refractivity contribution in [3.05, 3.63) is 21.3 Å². The van der Waals surface area contributed by atoms with Crippen molar-refractivity contribution in [2.24, 2.45) is 0 Å². The van der Waals surface area contributed by atoms with E-state index in [-0.39, 0.29) is 6.10 Å². The van der Waals surface area contributed by atoms with E-state index >= 15 is 0 Å². The molecule has 12 heavy (non-hydrogen) atoms. The molecule has 1 aliphatic rings. The molecule has 1 atom stereocenters. The second kappa shape index (κ2) is 3.75. The summed E-state index contributed by atoms with van der Waals surface area (Å²) in [5.41, 5.74) is 1.19. The number of morpholine rings is 1. The van der Waals surface area contributed by atoms with Gasteiger partial charge in [0.15, 0.2) is 0 Å². The van der Waals surface area contributed by atoms with E-state index in [4.69, 9.17) is 16.3 Å². The Bertz CT molecular complexity index is 257. The monoisotopic (exact) mass is 203 g/mol. The van der Waals surface area contributed by atoms with Crippen molar-refractivity contribution < 1.29 is 4.74 Å². The zero-order valence-corrected chi connectivity index (χ0v) is 8.12. The van der Waals surface area contributed by atoms with Gasteiger partial charge in [-0.2, -0.15) is 0 Å². The Balaban J connectivity index is 2.08. The summed E-state index contributed by atoms with van der Waals surface area (Å²) in [7, 11) is 0. The largest absolute Gasteiger partial charge is 0.371 e. The van der Waals surface area contributed by atoms with E-state index in [0.717, 1.165) is 24.0 Å². The van der Waals surface area contributed by atoms with Crippen molar-refractivity contribution in [1.82, 2.24) is 5.32 Å². The Labute approximate surface area is 80.5 Å². The molecule has 0 amide bonds. The highest BCUT2D eigenvalue weighted by atomic mass is 35.5. The van der Waals surface area contributed by atoms with Crippen LogP contribution in [0.5, 0.6) is 0 Å². The molecule has 66 valence electrons. The second-order valence-corrected chi connectivity index (χ2v) is 4.29. The molecular formula is C8H10ClNOS. The first-order valence-electron chi connectivity index (χ1n) is 3.92. The molecule has 0 bridgehead atoms. The summed E-state index contributed by atoms with van der Waals surface area (Å²) >= 11 is 7.38. The van der Waals surface area contributed by atoms with Crippen LogP contribution in [0.3, 0.4) is 0 Å². The molecule has 0 spiro atoms. The molecular weight excluding hydrogens is 194 g/mol. The number of rotatable bonds is 1. The van der Waals surface area contributed by atoms with Gasteiger partial charge in [0, 0.05) is 13.1 Å². The summed E-state index contributed by atoms with van der Waals surface area (Å²) in [4.78, 5) is 0. The van der Waals surface area contributed by atoms with E-state index in [2.05, 4.69) is 10.7 Å². The molecule has 4 heteroatoms. The number of hydrogen-bond donors (Lipinski definition) is 1. The molecule has 1 aromatic heterocycles.